The number of carbonyl (C=O) groups excluding carboxylic acids is 2. The predicted molar refractivity (Wildman–Crippen MR) is 118 cm³/mol. The van der Waals surface area contributed by atoms with Gasteiger partial charge in [-0.25, -0.2) is 0 Å². The molecule has 2 rings (SSSR count). The molecule has 2 aliphatic heterocycles. The van der Waals surface area contributed by atoms with E-state index < -0.39 is 5.97 Å². The number of hydrogen-bond acceptors (Lipinski definition) is 5. The van der Waals surface area contributed by atoms with E-state index in [9.17, 15) is 14.4 Å². The number of ether oxygens (including phenoxy) is 1. The third kappa shape index (κ3) is 8.68. The van der Waals surface area contributed by atoms with Gasteiger partial charge in [-0.1, -0.05) is 25.5 Å². The van der Waals surface area contributed by atoms with Gasteiger partial charge in [0.15, 0.2) is 0 Å². The molecule has 2 saturated heterocycles. The van der Waals surface area contributed by atoms with E-state index in [0.29, 0.717) is 24.6 Å². The van der Waals surface area contributed by atoms with Crippen LogP contribution in [0.3, 0.4) is 0 Å². The molecule has 3 N–H and O–H groups in total. The number of nitrogens with one attached hydrogen (secondary N) is 2. The molecule has 30 heavy (non-hydrogen) atoms. The Balaban J connectivity index is 1.66. The Kier molecular flexibility index (Phi) is 11.3. The van der Waals surface area contributed by atoms with Crippen molar-refractivity contribution >= 4 is 29.5 Å². The van der Waals surface area contributed by atoms with Crippen molar-refractivity contribution < 1.29 is 24.2 Å². The van der Waals surface area contributed by atoms with Gasteiger partial charge >= 0.3 is 5.97 Å². The molecule has 2 amide bonds. The number of rotatable bonds is 15. The second-order valence-electron chi connectivity index (χ2n) is 8.10. The lowest BCUT2D eigenvalue weighted by Crippen LogP contribution is -2.42. The van der Waals surface area contributed by atoms with Crippen LogP contribution in [0.5, 0.6) is 0 Å². The van der Waals surface area contributed by atoms with Crippen molar-refractivity contribution in [2.75, 3.05) is 24.6 Å². The molecular weight excluding hydrogens is 404 g/mol. The average molecular weight is 441 g/mol. The van der Waals surface area contributed by atoms with E-state index in [0.717, 1.165) is 44.3 Å². The molecule has 0 aromatic heterocycles. The van der Waals surface area contributed by atoms with Crippen LogP contribution in [0, 0.1) is 11.8 Å². The summed E-state index contributed by atoms with van der Waals surface area (Å²) in [6.45, 7) is 2.71. The molecule has 0 aromatic carbocycles. The van der Waals surface area contributed by atoms with E-state index in [-0.39, 0.29) is 42.9 Å². The van der Waals surface area contributed by atoms with Crippen molar-refractivity contribution in [2.24, 2.45) is 11.8 Å². The Morgan fingerprint density at radius 2 is 1.83 bits per heavy atom. The first-order valence-electron chi connectivity index (χ1n) is 11.1. The Labute approximate surface area is 183 Å². The molecule has 2 bridgehead atoms. The molecule has 0 aromatic rings. The summed E-state index contributed by atoms with van der Waals surface area (Å²) in [6, 6.07) is 0. The minimum absolute atomic E-state index is 0.0169. The number of fused-ring (bicyclic) bond motifs is 2. The van der Waals surface area contributed by atoms with Crippen molar-refractivity contribution in [3.05, 3.63) is 12.2 Å². The molecule has 4 atom stereocenters. The van der Waals surface area contributed by atoms with Crippen LogP contribution in [0.1, 0.15) is 58.3 Å². The van der Waals surface area contributed by atoms with Gasteiger partial charge in [0.05, 0.1) is 24.5 Å². The zero-order valence-electron chi connectivity index (χ0n) is 17.9. The molecular formula is C22H36N2O5S. The number of carbonyl (C=O) groups is 3. The third-order valence-corrected chi connectivity index (χ3v) is 6.83. The Morgan fingerprint density at radius 1 is 1.07 bits per heavy atom. The minimum atomic E-state index is -0.757. The maximum atomic E-state index is 12.1. The van der Waals surface area contributed by atoms with E-state index in [1.807, 2.05) is 0 Å². The lowest BCUT2D eigenvalue weighted by molar-refractivity contribution is -0.137. The predicted octanol–water partition coefficient (Wildman–Crippen LogP) is 2.75. The zero-order chi connectivity index (χ0) is 21.8. The fourth-order valence-corrected chi connectivity index (χ4v) is 5.08. The van der Waals surface area contributed by atoms with Gasteiger partial charge in [0, 0.05) is 18.9 Å². The number of aliphatic carboxylic acids is 1. The van der Waals surface area contributed by atoms with Crippen LogP contribution in [-0.4, -0.2) is 59.7 Å². The van der Waals surface area contributed by atoms with E-state index >= 15 is 0 Å². The highest BCUT2D eigenvalue weighted by Crippen LogP contribution is 2.44. The number of carboxylic acid groups (broad SMARTS) is 1. The summed E-state index contributed by atoms with van der Waals surface area (Å²) in [4.78, 5) is 34.5. The Morgan fingerprint density at radius 3 is 2.57 bits per heavy atom. The monoisotopic (exact) mass is 440 g/mol. The number of hydrogen-bond donors (Lipinski definition) is 3. The molecule has 2 fully saturated rings. The minimum Gasteiger partial charge on any atom is -0.481 e. The molecule has 0 radical (unpaired) electrons. The van der Waals surface area contributed by atoms with Gasteiger partial charge in [0.2, 0.25) is 11.8 Å². The lowest BCUT2D eigenvalue weighted by atomic mass is 9.77. The highest BCUT2D eigenvalue weighted by Gasteiger charge is 2.47. The molecule has 8 heteroatoms. The normalized spacial score (nSPS) is 25.0. The van der Waals surface area contributed by atoms with Crippen LogP contribution in [0.4, 0.5) is 0 Å². The molecule has 4 unspecified atom stereocenters. The van der Waals surface area contributed by atoms with Crippen LogP contribution in [0.2, 0.25) is 0 Å². The number of unbranched alkanes of at least 4 members (excludes halogenated alkanes) is 2. The first-order valence-corrected chi connectivity index (χ1v) is 12.3. The summed E-state index contributed by atoms with van der Waals surface area (Å²) in [5.41, 5.74) is 0. The summed E-state index contributed by atoms with van der Waals surface area (Å²) in [5.74, 6) is 1.02. The number of thioether (sulfide) groups is 1. The van der Waals surface area contributed by atoms with Crippen molar-refractivity contribution in [1.82, 2.24) is 10.6 Å². The van der Waals surface area contributed by atoms with Crippen LogP contribution in [0.25, 0.3) is 0 Å². The van der Waals surface area contributed by atoms with E-state index in [4.69, 9.17) is 9.84 Å². The summed E-state index contributed by atoms with van der Waals surface area (Å²) >= 11 is 1.60. The number of carboxylic acids is 1. The highest BCUT2D eigenvalue weighted by atomic mass is 32.2. The number of amides is 2. The van der Waals surface area contributed by atoms with E-state index in [1.54, 1.807) is 11.8 Å². The largest absolute Gasteiger partial charge is 0.481 e. The van der Waals surface area contributed by atoms with Crippen molar-refractivity contribution in [2.45, 2.75) is 70.5 Å². The first-order chi connectivity index (χ1) is 14.5. The van der Waals surface area contributed by atoms with Gasteiger partial charge in [-0.05, 0) is 50.2 Å². The van der Waals surface area contributed by atoms with Gasteiger partial charge in [-0.2, -0.15) is 11.8 Å². The highest BCUT2D eigenvalue weighted by molar-refractivity contribution is 7.99. The van der Waals surface area contributed by atoms with Crippen LogP contribution >= 0.6 is 11.8 Å². The maximum absolute atomic E-state index is 12.1. The van der Waals surface area contributed by atoms with Crippen molar-refractivity contribution in [3.8, 4) is 0 Å². The van der Waals surface area contributed by atoms with Gasteiger partial charge < -0.3 is 20.5 Å². The van der Waals surface area contributed by atoms with Gasteiger partial charge in [-0.15, -0.1) is 0 Å². The summed E-state index contributed by atoms with van der Waals surface area (Å²) in [7, 11) is 0. The quantitative estimate of drug-likeness (QED) is 0.267. The number of allylic oxidation sites excluding steroid dienone is 2. The smallest absolute Gasteiger partial charge is 0.303 e. The summed E-state index contributed by atoms with van der Waals surface area (Å²) in [6.07, 6.45) is 11.5. The van der Waals surface area contributed by atoms with E-state index in [2.05, 4.69) is 29.7 Å². The molecule has 0 spiro atoms. The van der Waals surface area contributed by atoms with Crippen LogP contribution in [-0.2, 0) is 19.1 Å². The van der Waals surface area contributed by atoms with Gasteiger partial charge in [-0.3, -0.25) is 14.4 Å². The fraction of sp³-hybridized carbons (Fsp3) is 0.773. The lowest BCUT2D eigenvalue weighted by Gasteiger charge is -2.27. The van der Waals surface area contributed by atoms with E-state index in [1.165, 1.54) is 0 Å². The Bertz CT molecular complexity index is 598. The van der Waals surface area contributed by atoms with Crippen molar-refractivity contribution in [3.63, 3.8) is 0 Å². The first kappa shape index (κ1) is 24.7. The topological polar surface area (TPSA) is 105 Å². The molecule has 0 saturated carbocycles. The van der Waals surface area contributed by atoms with Gasteiger partial charge in [0.1, 0.15) is 0 Å². The molecule has 2 aliphatic rings. The SMILES string of the molecule is CCCCSCC(=O)NCC(=O)NCC1C2CCC(O2)C1C/C=C/CCCC(=O)O. The Hall–Kier alpha value is -1.54. The fourth-order valence-electron chi connectivity index (χ4n) is 4.16. The molecule has 0 aliphatic carbocycles. The van der Waals surface area contributed by atoms with Crippen LogP contribution in [0.15, 0.2) is 12.2 Å². The standard InChI is InChI=1S/C22H36N2O5S/c1-2-3-12-30-15-21(26)24-14-20(25)23-13-17-16(18-10-11-19(17)29-18)8-6-4-5-7-9-22(27)28/h4,6,16-19H,2-3,5,7-15H2,1H3,(H,23,25)(H,24,26)(H,27,28)/b6-4+. The second-order valence-corrected chi connectivity index (χ2v) is 9.20. The van der Waals surface area contributed by atoms with Crippen molar-refractivity contribution in [1.29, 1.82) is 0 Å². The maximum Gasteiger partial charge on any atom is 0.303 e. The summed E-state index contributed by atoms with van der Waals surface area (Å²) in [5, 5.41) is 14.3. The zero-order valence-corrected chi connectivity index (χ0v) is 18.8. The average Bonchev–Trinajstić information content (AvgIpc) is 3.32. The van der Waals surface area contributed by atoms with Crippen LogP contribution < -0.4 is 10.6 Å². The molecule has 170 valence electrons. The second kappa shape index (κ2) is 13.7. The van der Waals surface area contributed by atoms with Gasteiger partial charge in [0.25, 0.3) is 0 Å². The molecule has 2 heterocycles. The molecule has 7 nitrogen and oxygen atoms in total. The third-order valence-electron chi connectivity index (χ3n) is 5.78. The summed E-state index contributed by atoms with van der Waals surface area (Å²) < 4.78 is 6.07.